The fourth-order valence-electron chi connectivity index (χ4n) is 4.54. The lowest BCUT2D eigenvalue weighted by molar-refractivity contribution is 0.0612. The van der Waals surface area contributed by atoms with Crippen LogP contribution in [0.3, 0.4) is 0 Å². The molecule has 2 fully saturated rings. The lowest BCUT2D eigenvalue weighted by atomic mass is 9.98. The number of hydrogen-bond acceptors (Lipinski definition) is 5. The maximum Gasteiger partial charge on any atom is 0.264 e. The molecule has 2 aliphatic heterocycles. The van der Waals surface area contributed by atoms with Gasteiger partial charge in [-0.1, -0.05) is 13.8 Å². The van der Waals surface area contributed by atoms with Crippen LogP contribution in [0.4, 0.5) is 5.82 Å². The summed E-state index contributed by atoms with van der Waals surface area (Å²) in [5, 5.41) is 1.09. The summed E-state index contributed by atoms with van der Waals surface area (Å²) in [7, 11) is 0. The molecule has 0 saturated carbocycles. The van der Waals surface area contributed by atoms with E-state index in [-0.39, 0.29) is 5.91 Å². The fourth-order valence-corrected chi connectivity index (χ4v) is 5.64. The molecule has 4 heterocycles. The van der Waals surface area contributed by atoms with Gasteiger partial charge in [0.1, 0.15) is 17.0 Å². The molecule has 2 saturated heterocycles. The Morgan fingerprint density at radius 3 is 2.70 bits per heavy atom. The SMILES string of the molecule is CCC1CCCCN1C(=O)c1sc2ncnc(N3CCC(C)CC3)c2c1C. The second-order valence-corrected chi connectivity index (χ2v) is 9.16. The Bertz CT molecular complexity index is 825. The van der Waals surface area contributed by atoms with E-state index in [9.17, 15) is 4.79 Å². The molecule has 2 aromatic rings. The van der Waals surface area contributed by atoms with Crippen LogP contribution < -0.4 is 4.90 Å². The van der Waals surface area contributed by atoms with Gasteiger partial charge in [-0.15, -0.1) is 11.3 Å². The maximum absolute atomic E-state index is 13.4. The summed E-state index contributed by atoms with van der Waals surface area (Å²) in [6, 6.07) is 0.380. The van der Waals surface area contributed by atoms with Gasteiger partial charge >= 0.3 is 0 Å². The van der Waals surface area contributed by atoms with Crippen molar-refractivity contribution in [1.82, 2.24) is 14.9 Å². The summed E-state index contributed by atoms with van der Waals surface area (Å²) in [5.74, 6) is 2.00. The predicted octanol–water partition coefficient (Wildman–Crippen LogP) is 4.64. The van der Waals surface area contributed by atoms with Crippen molar-refractivity contribution >= 4 is 33.3 Å². The Kier molecular flexibility index (Phi) is 5.35. The normalized spacial score (nSPS) is 21.8. The topological polar surface area (TPSA) is 49.3 Å². The van der Waals surface area contributed by atoms with Crippen LogP contribution in [0, 0.1) is 12.8 Å². The lowest BCUT2D eigenvalue weighted by Crippen LogP contribution is -2.43. The number of fused-ring (bicyclic) bond motifs is 1. The van der Waals surface area contributed by atoms with E-state index >= 15 is 0 Å². The van der Waals surface area contributed by atoms with Crippen LogP contribution in [0.2, 0.25) is 0 Å². The van der Waals surface area contributed by atoms with Crippen molar-refractivity contribution in [2.75, 3.05) is 24.5 Å². The van der Waals surface area contributed by atoms with Crippen LogP contribution in [-0.4, -0.2) is 46.5 Å². The van der Waals surface area contributed by atoms with Crippen molar-refractivity contribution in [2.24, 2.45) is 5.92 Å². The van der Waals surface area contributed by atoms with Crippen molar-refractivity contribution in [3.63, 3.8) is 0 Å². The zero-order valence-electron chi connectivity index (χ0n) is 16.7. The molecule has 5 nitrogen and oxygen atoms in total. The van der Waals surface area contributed by atoms with Gasteiger partial charge in [-0.25, -0.2) is 9.97 Å². The van der Waals surface area contributed by atoms with Gasteiger partial charge in [0.25, 0.3) is 5.91 Å². The number of aromatic nitrogens is 2. The predicted molar refractivity (Wildman–Crippen MR) is 112 cm³/mol. The second kappa shape index (κ2) is 7.74. The number of rotatable bonds is 3. The number of carbonyl (C=O) groups is 1. The molecule has 0 aromatic carbocycles. The third kappa shape index (κ3) is 3.44. The van der Waals surface area contributed by atoms with Gasteiger partial charge < -0.3 is 9.80 Å². The van der Waals surface area contributed by atoms with E-state index in [0.29, 0.717) is 6.04 Å². The van der Waals surface area contributed by atoms with Crippen molar-refractivity contribution < 1.29 is 4.79 Å². The molecular formula is C21H30N4OS. The van der Waals surface area contributed by atoms with E-state index < -0.39 is 0 Å². The Morgan fingerprint density at radius 2 is 1.96 bits per heavy atom. The molecule has 4 rings (SSSR count). The lowest BCUT2D eigenvalue weighted by Gasteiger charge is -2.35. The number of nitrogens with zero attached hydrogens (tertiary/aromatic N) is 4. The number of likely N-dealkylation sites (tertiary alicyclic amines) is 1. The molecule has 0 aliphatic carbocycles. The van der Waals surface area contributed by atoms with E-state index in [1.54, 1.807) is 17.7 Å². The Labute approximate surface area is 165 Å². The minimum atomic E-state index is 0.195. The quantitative estimate of drug-likeness (QED) is 0.771. The smallest absolute Gasteiger partial charge is 0.264 e. The van der Waals surface area contributed by atoms with Crippen molar-refractivity contribution in [3.05, 3.63) is 16.8 Å². The summed E-state index contributed by atoms with van der Waals surface area (Å²) in [6.07, 6.45) is 8.57. The minimum absolute atomic E-state index is 0.195. The third-order valence-electron chi connectivity index (χ3n) is 6.34. The number of aryl methyl sites for hydroxylation is 1. The number of hydrogen-bond donors (Lipinski definition) is 0. The highest BCUT2D eigenvalue weighted by Crippen LogP contribution is 2.37. The second-order valence-electron chi connectivity index (χ2n) is 8.16. The minimum Gasteiger partial charge on any atom is -0.356 e. The van der Waals surface area contributed by atoms with Gasteiger partial charge in [0.2, 0.25) is 0 Å². The fraction of sp³-hybridized carbons (Fsp3) is 0.667. The zero-order valence-corrected chi connectivity index (χ0v) is 17.5. The van der Waals surface area contributed by atoms with Crippen LogP contribution in [-0.2, 0) is 0 Å². The molecular weight excluding hydrogens is 356 g/mol. The highest BCUT2D eigenvalue weighted by atomic mass is 32.1. The number of carbonyl (C=O) groups excluding carboxylic acids is 1. The van der Waals surface area contributed by atoms with Crippen LogP contribution in [0.15, 0.2) is 6.33 Å². The van der Waals surface area contributed by atoms with Crippen LogP contribution in [0.25, 0.3) is 10.2 Å². The number of piperidine rings is 2. The monoisotopic (exact) mass is 386 g/mol. The average Bonchev–Trinajstić information content (AvgIpc) is 3.05. The van der Waals surface area contributed by atoms with Gasteiger partial charge in [-0.2, -0.15) is 0 Å². The molecule has 6 heteroatoms. The molecule has 0 N–H and O–H groups in total. The van der Waals surface area contributed by atoms with Crippen molar-refractivity contribution in [2.45, 2.75) is 65.3 Å². The highest BCUT2D eigenvalue weighted by Gasteiger charge is 2.30. The molecule has 2 aliphatic rings. The third-order valence-corrected chi connectivity index (χ3v) is 7.53. The molecule has 0 spiro atoms. The van der Waals surface area contributed by atoms with Crippen molar-refractivity contribution in [3.8, 4) is 0 Å². The van der Waals surface area contributed by atoms with Crippen LogP contribution >= 0.6 is 11.3 Å². The number of thiophene rings is 1. The summed E-state index contributed by atoms with van der Waals surface area (Å²) in [6.45, 7) is 9.55. The Balaban J connectivity index is 1.70. The first-order chi connectivity index (χ1) is 13.1. The van der Waals surface area contributed by atoms with E-state index in [2.05, 4.69) is 40.5 Å². The molecule has 0 radical (unpaired) electrons. The average molecular weight is 387 g/mol. The summed E-state index contributed by atoms with van der Waals surface area (Å²) in [5.41, 5.74) is 1.06. The Hall–Kier alpha value is -1.69. The van der Waals surface area contributed by atoms with Gasteiger partial charge in [-0.3, -0.25) is 4.79 Å². The number of anilines is 1. The summed E-state index contributed by atoms with van der Waals surface area (Å²) < 4.78 is 0. The molecule has 1 amide bonds. The summed E-state index contributed by atoms with van der Waals surface area (Å²) >= 11 is 1.55. The Morgan fingerprint density at radius 1 is 1.19 bits per heavy atom. The highest BCUT2D eigenvalue weighted by molar-refractivity contribution is 7.20. The first-order valence-corrected chi connectivity index (χ1v) is 11.2. The van der Waals surface area contributed by atoms with E-state index in [1.165, 1.54) is 19.3 Å². The first-order valence-electron chi connectivity index (χ1n) is 10.4. The number of amides is 1. The molecule has 1 unspecified atom stereocenters. The molecule has 0 bridgehead atoms. The van der Waals surface area contributed by atoms with E-state index in [1.807, 2.05) is 0 Å². The summed E-state index contributed by atoms with van der Waals surface area (Å²) in [4.78, 5) is 28.8. The van der Waals surface area contributed by atoms with Crippen LogP contribution in [0.5, 0.6) is 0 Å². The van der Waals surface area contributed by atoms with E-state index in [0.717, 1.165) is 71.3 Å². The molecule has 2 aromatic heterocycles. The van der Waals surface area contributed by atoms with Gasteiger partial charge in [0.05, 0.1) is 10.3 Å². The molecule has 1 atom stereocenters. The van der Waals surface area contributed by atoms with Gasteiger partial charge in [0.15, 0.2) is 0 Å². The molecule has 146 valence electrons. The van der Waals surface area contributed by atoms with E-state index in [4.69, 9.17) is 0 Å². The van der Waals surface area contributed by atoms with Gasteiger partial charge in [0, 0.05) is 25.7 Å². The largest absolute Gasteiger partial charge is 0.356 e. The zero-order chi connectivity index (χ0) is 19.0. The molecule has 27 heavy (non-hydrogen) atoms. The van der Waals surface area contributed by atoms with Crippen LogP contribution in [0.1, 0.15) is 67.6 Å². The standard InChI is InChI=1S/C21H30N4OS/c1-4-16-7-5-6-10-25(16)21(26)18-15(3)17-19(22-13-23-20(17)27-18)24-11-8-14(2)9-12-24/h13-14,16H,4-12H2,1-3H3. The van der Waals surface area contributed by atoms with Crippen molar-refractivity contribution in [1.29, 1.82) is 0 Å². The first kappa shape index (κ1) is 18.7. The maximum atomic E-state index is 13.4. The van der Waals surface area contributed by atoms with Gasteiger partial charge in [-0.05, 0) is 56.9 Å².